The summed E-state index contributed by atoms with van der Waals surface area (Å²) < 4.78 is 26.9. The summed E-state index contributed by atoms with van der Waals surface area (Å²) in [5, 5.41) is 0. The molecule has 0 atom stereocenters. The maximum Gasteiger partial charge on any atom is 0.242 e. The predicted molar refractivity (Wildman–Crippen MR) is 70.4 cm³/mol. The quantitative estimate of drug-likeness (QED) is 0.871. The number of nitrogens with one attached hydrogen (secondary N) is 1. The zero-order valence-corrected chi connectivity index (χ0v) is 11.3. The van der Waals surface area contributed by atoms with E-state index >= 15 is 0 Å². The van der Waals surface area contributed by atoms with Crippen LogP contribution in [0.25, 0.3) is 0 Å². The molecule has 18 heavy (non-hydrogen) atoms. The largest absolute Gasteiger partial charge is 0.384 e. The van der Waals surface area contributed by atoms with E-state index in [4.69, 9.17) is 5.73 Å². The van der Waals surface area contributed by atoms with Gasteiger partial charge in [-0.25, -0.2) is 18.1 Å². The number of aromatic nitrogens is 1. The second kappa shape index (κ2) is 5.24. The van der Waals surface area contributed by atoms with Crippen LogP contribution in [0.2, 0.25) is 0 Å². The van der Waals surface area contributed by atoms with Crippen LogP contribution in [-0.2, 0) is 10.0 Å². The molecule has 1 aromatic rings. The average Bonchev–Trinajstić information content (AvgIpc) is 2.32. The molecule has 0 amide bonds. The molecule has 1 heterocycles. The first-order chi connectivity index (χ1) is 8.47. The van der Waals surface area contributed by atoms with Gasteiger partial charge in [0.2, 0.25) is 10.0 Å². The maximum atomic E-state index is 12.1. The lowest BCUT2D eigenvalue weighted by atomic mass is 9.88. The third-order valence-electron chi connectivity index (χ3n) is 3.41. The molecule has 0 unspecified atom stereocenters. The van der Waals surface area contributed by atoms with Crippen LogP contribution in [0.4, 0.5) is 5.82 Å². The Morgan fingerprint density at radius 3 is 2.50 bits per heavy atom. The third kappa shape index (κ3) is 3.20. The van der Waals surface area contributed by atoms with Gasteiger partial charge < -0.3 is 5.73 Å². The van der Waals surface area contributed by atoms with Gasteiger partial charge in [0, 0.05) is 12.2 Å². The topological polar surface area (TPSA) is 85.1 Å². The third-order valence-corrected chi connectivity index (χ3v) is 4.91. The summed E-state index contributed by atoms with van der Waals surface area (Å²) >= 11 is 0. The van der Waals surface area contributed by atoms with Gasteiger partial charge in [-0.05, 0) is 43.7 Å². The molecule has 5 nitrogen and oxygen atoms in total. The average molecular weight is 269 g/mol. The van der Waals surface area contributed by atoms with E-state index in [9.17, 15) is 8.42 Å². The van der Waals surface area contributed by atoms with Gasteiger partial charge in [-0.3, -0.25) is 0 Å². The Morgan fingerprint density at radius 2 is 1.94 bits per heavy atom. The molecule has 0 spiro atoms. The Labute approximate surface area is 108 Å². The van der Waals surface area contributed by atoms with Crippen LogP contribution in [0.5, 0.6) is 0 Å². The van der Waals surface area contributed by atoms with Crippen LogP contribution in [0.15, 0.2) is 23.2 Å². The summed E-state index contributed by atoms with van der Waals surface area (Å²) in [7, 11) is -3.46. The minimum Gasteiger partial charge on any atom is -0.384 e. The highest BCUT2D eigenvalue weighted by Crippen LogP contribution is 2.24. The van der Waals surface area contributed by atoms with Gasteiger partial charge in [0.05, 0.1) is 0 Å². The molecule has 1 saturated carbocycles. The van der Waals surface area contributed by atoms with Gasteiger partial charge in [0.15, 0.2) is 0 Å². The normalized spacial score (nSPS) is 24.9. The molecule has 1 aliphatic carbocycles. The summed E-state index contributed by atoms with van der Waals surface area (Å²) in [4.78, 5) is 3.99. The Hall–Kier alpha value is -1.14. The number of nitrogens with two attached hydrogens (primary N) is 1. The van der Waals surface area contributed by atoms with Gasteiger partial charge in [-0.15, -0.1) is 0 Å². The van der Waals surface area contributed by atoms with Crippen LogP contribution >= 0.6 is 0 Å². The summed E-state index contributed by atoms with van der Waals surface area (Å²) in [5.41, 5.74) is 5.44. The minimum atomic E-state index is -3.46. The standard InChI is InChI=1S/C12H19N3O2S/c1-9-2-4-10(5-3-9)15-18(16,17)11-6-7-12(13)14-8-11/h6-10,15H,2-5H2,1H3,(H2,13,14). The lowest BCUT2D eigenvalue weighted by Crippen LogP contribution is -2.37. The van der Waals surface area contributed by atoms with Gasteiger partial charge >= 0.3 is 0 Å². The zero-order valence-electron chi connectivity index (χ0n) is 10.5. The van der Waals surface area contributed by atoms with E-state index in [1.807, 2.05) is 0 Å². The molecule has 3 N–H and O–H groups in total. The molecule has 0 aliphatic heterocycles. The lowest BCUT2D eigenvalue weighted by molar-refractivity contribution is 0.332. The maximum absolute atomic E-state index is 12.1. The number of rotatable bonds is 3. The van der Waals surface area contributed by atoms with E-state index in [2.05, 4.69) is 16.6 Å². The van der Waals surface area contributed by atoms with Crippen molar-refractivity contribution >= 4 is 15.8 Å². The highest BCUT2D eigenvalue weighted by Gasteiger charge is 2.24. The van der Waals surface area contributed by atoms with Crippen molar-refractivity contribution in [2.24, 2.45) is 5.92 Å². The van der Waals surface area contributed by atoms with Crippen molar-refractivity contribution in [1.82, 2.24) is 9.71 Å². The number of pyridine rings is 1. The second-order valence-electron chi connectivity index (χ2n) is 5.00. The number of hydrogen-bond donors (Lipinski definition) is 2. The fourth-order valence-corrected chi connectivity index (χ4v) is 3.47. The summed E-state index contributed by atoms with van der Waals surface area (Å²) in [6.07, 6.45) is 5.26. The van der Waals surface area contributed by atoms with Crippen molar-refractivity contribution in [2.75, 3.05) is 5.73 Å². The fraction of sp³-hybridized carbons (Fsp3) is 0.583. The Kier molecular flexibility index (Phi) is 3.87. The van der Waals surface area contributed by atoms with Crippen LogP contribution in [0, 0.1) is 5.92 Å². The van der Waals surface area contributed by atoms with Crippen LogP contribution < -0.4 is 10.5 Å². The van der Waals surface area contributed by atoms with Crippen LogP contribution in [-0.4, -0.2) is 19.4 Å². The van der Waals surface area contributed by atoms with E-state index in [-0.39, 0.29) is 10.9 Å². The number of nitrogen functional groups attached to an aromatic ring is 1. The highest BCUT2D eigenvalue weighted by molar-refractivity contribution is 7.89. The van der Waals surface area contributed by atoms with E-state index in [0.717, 1.165) is 25.7 Å². The highest BCUT2D eigenvalue weighted by atomic mass is 32.2. The van der Waals surface area contributed by atoms with Crippen molar-refractivity contribution in [3.63, 3.8) is 0 Å². The van der Waals surface area contributed by atoms with Gasteiger partial charge in [0.1, 0.15) is 10.7 Å². The van der Waals surface area contributed by atoms with Gasteiger partial charge in [-0.2, -0.15) is 0 Å². The molecule has 6 heteroatoms. The Balaban J connectivity index is 2.05. The minimum absolute atomic E-state index is 0.0451. The molecule has 1 aromatic heterocycles. The monoisotopic (exact) mass is 269 g/mol. The molecule has 2 rings (SSSR count). The van der Waals surface area contributed by atoms with Gasteiger partial charge in [0.25, 0.3) is 0 Å². The Morgan fingerprint density at radius 1 is 1.28 bits per heavy atom. The van der Waals surface area contributed by atoms with E-state index in [1.165, 1.54) is 18.3 Å². The molecule has 0 aromatic carbocycles. The summed E-state index contributed by atoms with van der Waals surface area (Å²) in [6, 6.07) is 3.02. The molecule has 100 valence electrons. The smallest absolute Gasteiger partial charge is 0.242 e. The molecule has 1 fully saturated rings. The van der Waals surface area contributed by atoms with Gasteiger partial charge in [-0.1, -0.05) is 6.92 Å². The zero-order chi connectivity index (χ0) is 13.2. The van der Waals surface area contributed by atoms with Crippen LogP contribution in [0.3, 0.4) is 0 Å². The second-order valence-corrected chi connectivity index (χ2v) is 6.71. The number of sulfonamides is 1. The molecule has 1 aliphatic rings. The van der Waals surface area contributed by atoms with E-state index < -0.39 is 10.0 Å². The van der Waals surface area contributed by atoms with Crippen molar-refractivity contribution in [3.8, 4) is 0 Å². The first kappa shape index (κ1) is 13.3. The van der Waals surface area contributed by atoms with Crippen molar-refractivity contribution < 1.29 is 8.42 Å². The summed E-state index contributed by atoms with van der Waals surface area (Å²) in [6.45, 7) is 2.20. The lowest BCUT2D eigenvalue weighted by Gasteiger charge is -2.26. The number of hydrogen-bond acceptors (Lipinski definition) is 4. The Bertz CT molecular complexity index is 491. The molecule has 0 radical (unpaired) electrons. The van der Waals surface area contributed by atoms with Crippen molar-refractivity contribution in [1.29, 1.82) is 0 Å². The SMILES string of the molecule is CC1CCC(NS(=O)(=O)c2ccc(N)nc2)CC1. The van der Waals surface area contributed by atoms with E-state index in [0.29, 0.717) is 11.7 Å². The number of nitrogens with zero attached hydrogens (tertiary/aromatic N) is 1. The van der Waals surface area contributed by atoms with Crippen molar-refractivity contribution in [2.45, 2.75) is 43.5 Å². The first-order valence-electron chi connectivity index (χ1n) is 6.21. The molecular weight excluding hydrogens is 250 g/mol. The molecule has 0 bridgehead atoms. The predicted octanol–water partition coefficient (Wildman–Crippen LogP) is 1.52. The van der Waals surface area contributed by atoms with Crippen LogP contribution in [0.1, 0.15) is 32.6 Å². The fourth-order valence-electron chi connectivity index (χ4n) is 2.22. The molecule has 0 saturated heterocycles. The number of anilines is 1. The van der Waals surface area contributed by atoms with Crippen molar-refractivity contribution in [3.05, 3.63) is 18.3 Å². The summed E-state index contributed by atoms with van der Waals surface area (Å²) in [5.74, 6) is 1.02. The molecular formula is C12H19N3O2S. The first-order valence-corrected chi connectivity index (χ1v) is 7.69. The van der Waals surface area contributed by atoms with E-state index in [1.54, 1.807) is 0 Å².